The number of nitrogens with one attached hydrogen (secondary N) is 1. The predicted molar refractivity (Wildman–Crippen MR) is 69.4 cm³/mol. The minimum atomic E-state index is -0.550. The SMILES string of the molecule is CNC(=O)CN(C)c1ccc([C@H](C)O)cc1Cl. The topological polar surface area (TPSA) is 52.6 Å². The Morgan fingerprint density at radius 1 is 1.59 bits per heavy atom. The number of halogens is 1. The third-order valence-electron chi connectivity index (χ3n) is 2.53. The van der Waals surface area contributed by atoms with Gasteiger partial charge in [0.1, 0.15) is 0 Å². The average molecular weight is 257 g/mol. The van der Waals surface area contributed by atoms with Crippen LogP contribution in [-0.2, 0) is 4.79 Å². The van der Waals surface area contributed by atoms with Gasteiger partial charge in [-0.2, -0.15) is 0 Å². The molecule has 1 aromatic carbocycles. The molecular formula is C12H17ClN2O2. The van der Waals surface area contributed by atoms with Gasteiger partial charge in [0.05, 0.1) is 23.4 Å². The van der Waals surface area contributed by atoms with Crippen molar-refractivity contribution in [2.24, 2.45) is 0 Å². The number of anilines is 1. The second-order valence-electron chi connectivity index (χ2n) is 3.92. The number of carbonyl (C=O) groups is 1. The molecule has 94 valence electrons. The highest BCUT2D eigenvalue weighted by atomic mass is 35.5. The fourth-order valence-electron chi connectivity index (χ4n) is 1.47. The zero-order chi connectivity index (χ0) is 13.0. The molecule has 4 nitrogen and oxygen atoms in total. The Balaban J connectivity index is 2.88. The molecule has 0 saturated heterocycles. The van der Waals surface area contributed by atoms with Crippen molar-refractivity contribution in [3.63, 3.8) is 0 Å². The van der Waals surface area contributed by atoms with E-state index in [1.165, 1.54) is 0 Å². The molecule has 0 aliphatic rings. The molecule has 2 N–H and O–H groups in total. The Kier molecular flexibility index (Phi) is 4.78. The summed E-state index contributed by atoms with van der Waals surface area (Å²) in [6, 6.07) is 5.31. The molecule has 0 saturated carbocycles. The van der Waals surface area contributed by atoms with Gasteiger partial charge < -0.3 is 15.3 Å². The third kappa shape index (κ3) is 3.61. The molecule has 0 unspecified atom stereocenters. The first kappa shape index (κ1) is 13.8. The maximum Gasteiger partial charge on any atom is 0.239 e. The number of hydrogen-bond donors (Lipinski definition) is 2. The van der Waals surface area contributed by atoms with Gasteiger partial charge in [0, 0.05) is 14.1 Å². The summed E-state index contributed by atoms with van der Waals surface area (Å²) in [6.07, 6.45) is -0.550. The van der Waals surface area contributed by atoms with E-state index in [1.807, 2.05) is 0 Å². The Morgan fingerprint density at radius 2 is 2.24 bits per heavy atom. The summed E-state index contributed by atoms with van der Waals surface area (Å²) in [5.74, 6) is -0.0804. The molecule has 0 fully saturated rings. The molecule has 0 aliphatic carbocycles. The lowest BCUT2D eigenvalue weighted by Gasteiger charge is -2.20. The molecule has 1 atom stereocenters. The Hall–Kier alpha value is -1.26. The van der Waals surface area contributed by atoms with E-state index in [1.54, 1.807) is 44.1 Å². The maximum absolute atomic E-state index is 11.2. The van der Waals surface area contributed by atoms with Gasteiger partial charge in [0.15, 0.2) is 0 Å². The van der Waals surface area contributed by atoms with Crippen LogP contribution in [0, 0.1) is 0 Å². The van der Waals surface area contributed by atoms with Crippen molar-refractivity contribution < 1.29 is 9.90 Å². The van der Waals surface area contributed by atoms with Crippen molar-refractivity contribution in [3.05, 3.63) is 28.8 Å². The molecular weight excluding hydrogens is 240 g/mol. The van der Waals surface area contributed by atoms with Crippen LogP contribution >= 0.6 is 11.6 Å². The van der Waals surface area contributed by atoms with Crippen LogP contribution in [0.25, 0.3) is 0 Å². The molecule has 0 bridgehead atoms. The summed E-state index contributed by atoms with van der Waals surface area (Å²) >= 11 is 6.11. The van der Waals surface area contributed by atoms with Gasteiger partial charge in [0.25, 0.3) is 0 Å². The molecule has 1 aromatic rings. The quantitative estimate of drug-likeness (QED) is 0.860. The number of carbonyl (C=O) groups excluding carboxylic acids is 1. The van der Waals surface area contributed by atoms with Crippen LogP contribution < -0.4 is 10.2 Å². The minimum absolute atomic E-state index is 0.0804. The second kappa shape index (κ2) is 5.89. The van der Waals surface area contributed by atoms with Gasteiger partial charge in [0.2, 0.25) is 5.91 Å². The largest absolute Gasteiger partial charge is 0.389 e. The molecule has 0 aliphatic heterocycles. The summed E-state index contributed by atoms with van der Waals surface area (Å²) in [4.78, 5) is 13.0. The number of nitrogens with zero attached hydrogens (tertiary/aromatic N) is 1. The van der Waals surface area contributed by atoms with E-state index in [-0.39, 0.29) is 12.5 Å². The molecule has 17 heavy (non-hydrogen) atoms. The predicted octanol–water partition coefficient (Wildman–Crippen LogP) is 1.58. The van der Waals surface area contributed by atoms with Crippen molar-refractivity contribution in [1.29, 1.82) is 0 Å². The van der Waals surface area contributed by atoms with Gasteiger partial charge in [-0.3, -0.25) is 4.79 Å². The van der Waals surface area contributed by atoms with E-state index in [9.17, 15) is 9.90 Å². The molecule has 0 spiro atoms. The molecule has 0 radical (unpaired) electrons. The fraction of sp³-hybridized carbons (Fsp3) is 0.417. The standard InChI is InChI=1S/C12H17ClN2O2/c1-8(16)9-4-5-11(10(13)6-9)15(3)7-12(17)14-2/h4-6,8,16H,7H2,1-3H3,(H,14,17)/t8-/m0/s1. The van der Waals surface area contributed by atoms with Crippen molar-refractivity contribution >= 4 is 23.2 Å². The normalized spacial score (nSPS) is 12.1. The molecule has 1 amide bonds. The first-order valence-corrected chi connectivity index (χ1v) is 5.72. The van der Waals surface area contributed by atoms with Crippen molar-refractivity contribution in [3.8, 4) is 0 Å². The highest BCUT2D eigenvalue weighted by Crippen LogP contribution is 2.28. The lowest BCUT2D eigenvalue weighted by Crippen LogP contribution is -2.33. The van der Waals surface area contributed by atoms with E-state index in [4.69, 9.17) is 11.6 Å². The highest BCUT2D eigenvalue weighted by molar-refractivity contribution is 6.33. The number of aliphatic hydroxyl groups is 1. The van der Waals surface area contributed by atoms with E-state index in [0.717, 1.165) is 11.3 Å². The zero-order valence-electron chi connectivity index (χ0n) is 10.2. The summed E-state index contributed by atoms with van der Waals surface area (Å²) in [5, 5.41) is 12.5. The molecule has 0 aromatic heterocycles. The van der Waals surface area contributed by atoms with Gasteiger partial charge in [-0.1, -0.05) is 17.7 Å². The van der Waals surface area contributed by atoms with Crippen LogP contribution in [0.3, 0.4) is 0 Å². The smallest absolute Gasteiger partial charge is 0.239 e. The van der Waals surface area contributed by atoms with Crippen molar-refractivity contribution in [2.45, 2.75) is 13.0 Å². The van der Waals surface area contributed by atoms with Crippen LogP contribution in [0.15, 0.2) is 18.2 Å². The zero-order valence-corrected chi connectivity index (χ0v) is 11.0. The lowest BCUT2D eigenvalue weighted by atomic mass is 10.1. The summed E-state index contributed by atoms with van der Waals surface area (Å²) < 4.78 is 0. The highest BCUT2D eigenvalue weighted by Gasteiger charge is 2.11. The average Bonchev–Trinajstić information content (AvgIpc) is 2.28. The van der Waals surface area contributed by atoms with Crippen molar-refractivity contribution in [2.75, 3.05) is 25.5 Å². The summed E-state index contributed by atoms with van der Waals surface area (Å²) in [7, 11) is 3.38. The third-order valence-corrected chi connectivity index (χ3v) is 2.83. The van der Waals surface area contributed by atoms with Gasteiger partial charge in [-0.15, -0.1) is 0 Å². The molecule has 5 heteroatoms. The van der Waals surface area contributed by atoms with E-state index < -0.39 is 6.10 Å². The van der Waals surface area contributed by atoms with E-state index in [2.05, 4.69) is 5.32 Å². The van der Waals surface area contributed by atoms with Crippen molar-refractivity contribution in [1.82, 2.24) is 5.32 Å². The van der Waals surface area contributed by atoms with E-state index >= 15 is 0 Å². The van der Waals surface area contributed by atoms with Gasteiger partial charge >= 0.3 is 0 Å². The van der Waals surface area contributed by atoms with Crippen LogP contribution in [0.5, 0.6) is 0 Å². The van der Waals surface area contributed by atoms with Crippen LogP contribution in [0.1, 0.15) is 18.6 Å². The number of amides is 1. The summed E-state index contributed by atoms with van der Waals surface area (Å²) in [5.41, 5.74) is 1.52. The maximum atomic E-state index is 11.2. The summed E-state index contributed by atoms with van der Waals surface area (Å²) in [6.45, 7) is 1.92. The number of hydrogen-bond acceptors (Lipinski definition) is 3. The Bertz CT molecular complexity index is 407. The number of aliphatic hydroxyl groups excluding tert-OH is 1. The first-order chi connectivity index (χ1) is 7.95. The van der Waals surface area contributed by atoms with Crippen LogP contribution in [0.4, 0.5) is 5.69 Å². The fourth-order valence-corrected chi connectivity index (χ4v) is 1.81. The van der Waals surface area contributed by atoms with Crippen LogP contribution in [0.2, 0.25) is 5.02 Å². The first-order valence-electron chi connectivity index (χ1n) is 5.35. The Morgan fingerprint density at radius 3 is 2.71 bits per heavy atom. The molecule has 1 rings (SSSR count). The monoisotopic (exact) mass is 256 g/mol. The number of benzene rings is 1. The second-order valence-corrected chi connectivity index (χ2v) is 4.32. The molecule has 0 heterocycles. The minimum Gasteiger partial charge on any atom is -0.389 e. The number of rotatable bonds is 4. The van der Waals surface area contributed by atoms with E-state index in [0.29, 0.717) is 5.02 Å². The number of likely N-dealkylation sites (N-methyl/N-ethyl adjacent to an activating group) is 2. The van der Waals surface area contributed by atoms with Gasteiger partial charge in [-0.05, 0) is 24.6 Å². The lowest BCUT2D eigenvalue weighted by molar-refractivity contribution is -0.119. The van der Waals surface area contributed by atoms with Gasteiger partial charge in [-0.25, -0.2) is 0 Å². The Labute approximate surface area is 106 Å². The van der Waals surface area contributed by atoms with Crippen LogP contribution in [-0.4, -0.2) is 31.7 Å².